The Kier molecular flexibility index (Phi) is 16.3. The van der Waals surface area contributed by atoms with Crippen LogP contribution in [0.4, 0.5) is 0 Å². The summed E-state index contributed by atoms with van der Waals surface area (Å²) in [7, 11) is -1.28. The zero-order valence-corrected chi connectivity index (χ0v) is 43.2. The van der Waals surface area contributed by atoms with Crippen molar-refractivity contribution in [3.8, 4) is 57.1 Å². The van der Waals surface area contributed by atoms with Gasteiger partial charge in [0, 0.05) is 72.5 Å². The predicted octanol–water partition coefficient (Wildman–Crippen LogP) is 7.10. The maximum absolute atomic E-state index is 13.6. The second kappa shape index (κ2) is 22.6. The Hall–Kier alpha value is -7.72. The molecule has 6 heterocycles. The second-order valence-corrected chi connectivity index (χ2v) is 21.6. The lowest BCUT2D eigenvalue weighted by Crippen LogP contribution is -2.27. The molecule has 0 saturated carbocycles. The number of benzene rings is 2. The fourth-order valence-electron chi connectivity index (χ4n) is 7.70. The number of methoxy groups -OCH3 is 4. The molecule has 0 unspecified atom stereocenters. The summed E-state index contributed by atoms with van der Waals surface area (Å²) in [5.74, 6) is 2.56. The summed E-state index contributed by atoms with van der Waals surface area (Å²) in [4.78, 5) is 25.7. The Morgan fingerprint density at radius 2 is 0.806 bits per heavy atom. The molecule has 22 heteroatoms. The first-order chi connectivity index (χ1) is 34.5. The lowest BCUT2D eigenvalue weighted by molar-refractivity contribution is 0.390. The number of rotatable bonds is 18. The van der Waals surface area contributed by atoms with Gasteiger partial charge in [0.25, 0.3) is 0 Å². The van der Waals surface area contributed by atoms with Crippen molar-refractivity contribution in [1.82, 2.24) is 59.4 Å². The van der Waals surface area contributed by atoms with Gasteiger partial charge in [-0.2, -0.15) is 0 Å². The van der Waals surface area contributed by atoms with Crippen molar-refractivity contribution in [3.63, 3.8) is 0 Å². The minimum atomic E-state index is -3.71. The smallest absolute Gasteiger partial charge is 0.170 e. The van der Waals surface area contributed by atoms with E-state index in [2.05, 4.69) is 50.3 Å². The van der Waals surface area contributed by atoms with Crippen LogP contribution in [0.2, 0.25) is 0 Å². The quantitative estimate of drug-likeness (QED) is 0.0831. The van der Waals surface area contributed by atoms with Gasteiger partial charge < -0.3 is 18.9 Å². The van der Waals surface area contributed by atoms with Crippen molar-refractivity contribution in [2.45, 2.75) is 75.4 Å². The second-order valence-electron chi connectivity index (χ2n) is 16.9. The van der Waals surface area contributed by atoms with Crippen LogP contribution in [0, 0.1) is 13.8 Å². The lowest BCUT2D eigenvalue weighted by atomic mass is 10.1. The molecule has 0 amide bonds. The first-order valence-corrected chi connectivity index (χ1v) is 26.1. The molecule has 0 fully saturated rings. The van der Waals surface area contributed by atoms with Gasteiger partial charge in [0.15, 0.2) is 43.0 Å². The molecular formula is C50H56N12O8S2. The third-order valence-electron chi connectivity index (χ3n) is 12.2. The summed E-state index contributed by atoms with van der Waals surface area (Å²) in [5.41, 5.74) is 4.14. The van der Waals surface area contributed by atoms with E-state index >= 15 is 0 Å². The molecule has 0 radical (unpaired) electrons. The van der Waals surface area contributed by atoms with Gasteiger partial charge in [-0.05, 0) is 87.4 Å². The standard InChI is InChI=1S/2C25H28N6O4S/c2*1-16-12-27-24(28-13-16)17(2)18(3)36(32,33)15-22-29-30-25(19-8-7-11-26-14-19)31(22)23-20(34-4)9-6-10-21(23)35-5/h2*6-14,17-18H,15H2,1-5H3/t2*17-,18-/m10/s1. The number of hydrogen-bond donors (Lipinski definition) is 0. The van der Waals surface area contributed by atoms with E-state index in [1.165, 1.54) is 28.4 Å². The first kappa shape index (κ1) is 52.1. The predicted molar refractivity (Wildman–Crippen MR) is 270 cm³/mol. The van der Waals surface area contributed by atoms with Crippen LogP contribution in [0.5, 0.6) is 23.0 Å². The lowest BCUT2D eigenvalue weighted by Gasteiger charge is -2.20. The molecule has 0 aliphatic carbocycles. The van der Waals surface area contributed by atoms with Crippen LogP contribution in [0.15, 0.2) is 110 Å². The van der Waals surface area contributed by atoms with E-state index in [1.54, 1.807) is 121 Å². The molecule has 8 rings (SSSR count). The average molecular weight is 1020 g/mol. The molecule has 20 nitrogen and oxygen atoms in total. The molecule has 0 saturated heterocycles. The molecule has 72 heavy (non-hydrogen) atoms. The topological polar surface area (TPSA) is 244 Å². The summed E-state index contributed by atoms with van der Waals surface area (Å²) in [6, 6.07) is 17.8. The Bertz CT molecular complexity index is 3060. The van der Waals surface area contributed by atoms with E-state index in [-0.39, 0.29) is 23.2 Å². The third-order valence-corrected chi connectivity index (χ3v) is 16.6. The number of aryl methyl sites for hydroxylation is 2. The van der Waals surface area contributed by atoms with E-state index < -0.39 is 42.0 Å². The fourth-order valence-corrected chi connectivity index (χ4v) is 10.8. The number of hydrogen-bond acceptors (Lipinski definition) is 18. The van der Waals surface area contributed by atoms with Crippen LogP contribution in [-0.4, -0.2) is 115 Å². The maximum atomic E-state index is 13.6. The molecule has 0 N–H and O–H groups in total. The minimum Gasteiger partial charge on any atom is -0.494 e. The SMILES string of the molecule is COc1cccc(OC)c1-n1c(CS(=O)(=O)[C@@H](C)[C@H](C)c2ncc(C)cn2)nnc1-c1cccnc1.COc1cccc(OC)c1-n1c(CS(=O)(=O)[C@H](C)[C@@H](C)c2ncc(C)cn2)nnc1-c1cccnc1. The number of ether oxygens (including phenoxy) is 4. The summed E-state index contributed by atoms with van der Waals surface area (Å²) < 4.78 is 80.2. The van der Waals surface area contributed by atoms with Crippen LogP contribution in [0.3, 0.4) is 0 Å². The van der Waals surface area contributed by atoms with Crippen LogP contribution < -0.4 is 18.9 Å². The van der Waals surface area contributed by atoms with Crippen molar-refractivity contribution in [2.24, 2.45) is 0 Å². The molecule has 0 spiro atoms. The molecular weight excluding hydrogens is 961 g/mol. The number of aromatic nitrogens is 12. The van der Waals surface area contributed by atoms with E-state index in [0.717, 1.165) is 11.1 Å². The summed E-state index contributed by atoms with van der Waals surface area (Å²) in [6.07, 6.45) is 13.3. The van der Waals surface area contributed by atoms with Gasteiger partial charge in [-0.15, -0.1) is 20.4 Å². The molecule has 0 aliphatic rings. The van der Waals surface area contributed by atoms with Gasteiger partial charge in [0.05, 0.1) is 38.9 Å². The zero-order chi connectivity index (χ0) is 51.7. The first-order valence-electron chi connectivity index (χ1n) is 22.7. The van der Waals surface area contributed by atoms with Crippen molar-refractivity contribution >= 4 is 19.7 Å². The highest BCUT2D eigenvalue weighted by molar-refractivity contribution is 7.91. The highest BCUT2D eigenvalue weighted by Crippen LogP contribution is 2.39. The van der Waals surface area contributed by atoms with Crippen molar-refractivity contribution < 1.29 is 35.8 Å². The summed E-state index contributed by atoms with van der Waals surface area (Å²) in [5, 5.41) is 15.7. The van der Waals surface area contributed by atoms with E-state index in [4.69, 9.17) is 18.9 Å². The molecule has 0 aliphatic heterocycles. The number of para-hydroxylation sites is 2. The molecule has 6 aromatic heterocycles. The zero-order valence-electron chi connectivity index (χ0n) is 41.6. The Balaban J connectivity index is 0.000000211. The molecule has 2 aromatic carbocycles. The molecule has 0 bridgehead atoms. The van der Waals surface area contributed by atoms with E-state index in [0.29, 0.717) is 68.8 Å². The summed E-state index contributed by atoms with van der Waals surface area (Å²) >= 11 is 0. The monoisotopic (exact) mass is 1020 g/mol. The van der Waals surface area contributed by atoms with Crippen molar-refractivity contribution in [3.05, 3.63) is 145 Å². The highest BCUT2D eigenvalue weighted by Gasteiger charge is 2.35. The fraction of sp³-hybridized carbons (Fsp3) is 0.320. The number of sulfone groups is 2. The van der Waals surface area contributed by atoms with Crippen LogP contribution in [0.25, 0.3) is 34.2 Å². The van der Waals surface area contributed by atoms with E-state index in [1.807, 2.05) is 39.8 Å². The average Bonchev–Trinajstić information content (AvgIpc) is 4.01. The maximum Gasteiger partial charge on any atom is 0.170 e. The van der Waals surface area contributed by atoms with Crippen molar-refractivity contribution in [2.75, 3.05) is 28.4 Å². The molecule has 4 atom stereocenters. The number of nitrogens with zero attached hydrogens (tertiary/aromatic N) is 12. The Morgan fingerprint density at radius 1 is 0.472 bits per heavy atom. The normalized spacial score (nSPS) is 13.2. The van der Waals surface area contributed by atoms with Crippen LogP contribution >= 0.6 is 0 Å². The number of pyridine rings is 2. The Labute approximate surface area is 418 Å². The Morgan fingerprint density at radius 3 is 1.10 bits per heavy atom. The van der Waals surface area contributed by atoms with Gasteiger partial charge in [-0.3, -0.25) is 19.1 Å². The molecule has 376 valence electrons. The third kappa shape index (κ3) is 11.2. The minimum absolute atomic E-state index is 0.223. The highest BCUT2D eigenvalue weighted by atomic mass is 32.2. The van der Waals surface area contributed by atoms with Gasteiger partial charge in [-0.1, -0.05) is 26.0 Å². The van der Waals surface area contributed by atoms with Gasteiger partial charge in [0.2, 0.25) is 0 Å². The van der Waals surface area contributed by atoms with Gasteiger partial charge >= 0.3 is 0 Å². The van der Waals surface area contributed by atoms with Crippen LogP contribution in [0.1, 0.15) is 74.0 Å². The van der Waals surface area contributed by atoms with Crippen molar-refractivity contribution in [1.29, 1.82) is 0 Å². The summed E-state index contributed by atoms with van der Waals surface area (Å²) in [6.45, 7) is 10.7. The largest absolute Gasteiger partial charge is 0.494 e. The van der Waals surface area contributed by atoms with Crippen LogP contribution in [-0.2, 0) is 31.2 Å². The van der Waals surface area contributed by atoms with Gasteiger partial charge in [-0.25, -0.2) is 36.8 Å². The molecule has 8 aromatic rings. The van der Waals surface area contributed by atoms with Gasteiger partial charge in [0.1, 0.15) is 57.5 Å². The van der Waals surface area contributed by atoms with E-state index in [9.17, 15) is 16.8 Å².